The number of amidine groups is 1. The van der Waals surface area contributed by atoms with Gasteiger partial charge in [-0.25, -0.2) is 4.68 Å². The molecule has 1 aliphatic heterocycles. The van der Waals surface area contributed by atoms with Crippen molar-refractivity contribution in [3.05, 3.63) is 107 Å². The SMILES string of the molecule is CC12CCC(C/C1=N\N=C1\S/C(=C\c3cn(-c4ccccc4)nc3-c3ccc(Cl)cc3)C(=O)N1c1ccccc1)C2(C)C. The quantitative estimate of drug-likeness (QED) is 0.169. The van der Waals surface area contributed by atoms with Crippen molar-refractivity contribution in [1.82, 2.24) is 9.78 Å². The molecule has 6 nitrogen and oxygen atoms in total. The molecule has 1 amide bonds. The first-order chi connectivity index (χ1) is 20.7. The molecule has 4 aromatic rings. The number of para-hydroxylation sites is 2. The number of fused-ring (bicyclic) bond motifs is 2. The average Bonchev–Trinajstić information content (AvgIpc) is 3.69. The van der Waals surface area contributed by atoms with Crippen LogP contribution in [0.3, 0.4) is 0 Å². The Labute approximate surface area is 261 Å². The summed E-state index contributed by atoms with van der Waals surface area (Å²) in [6.07, 6.45) is 7.21. The molecule has 2 atom stereocenters. The highest BCUT2D eigenvalue weighted by Gasteiger charge is 2.60. The van der Waals surface area contributed by atoms with E-state index in [9.17, 15) is 4.79 Å². The summed E-state index contributed by atoms with van der Waals surface area (Å²) in [6.45, 7) is 7.05. The standard InChI is InChI=1S/C35H32ClN5OS/c1-34(2)25-18-19-35(34,3)30(21-25)37-38-33-41(28-12-8-5-9-13-28)32(42)29(43-33)20-24-22-40(27-10-6-4-7-11-27)39-31(24)23-14-16-26(36)17-15-23/h4-17,20,22,25H,18-19,21H2,1-3H3/b29-20-,37-30+,38-33+. The minimum Gasteiger partial charge on any atom is -0.268 e. The largest absolute Gasteiger partial charge is 0.271 e. The number of benzene rings is 3. The molecule has 2 heterocycles. The third-order valence-corrected chi connectivity index (χ3v) is 11.0. The van der Waals surface area contributed by atoms with Gasteiger partial charge >= 0.3 is 0 Å². The fourth-order valence-electron chi connectivity index (χ4n) is 6.71. The number of hydrogen-bond donors (Lipinski definition) is 0. The van der Waals surface area contributed by atoms with Crippen LogP contribution in [-0.4, -0.2) is 26.6 Å². The third kappa shape index (κ3) is 4.75. The van der Waals surface area contributed by atoms with Crippen molar-refractivity contribution < 1.29 is 4.79 Å². The molecule has 7 rings (SSSR count). The average molecular weight is 606 g/mol. The number of anilines is 1. The van der Waals surface area contributed by atoms with Gasteiger partial charge in [-0.15, -0.1) is 5.10 Å². The molecule has 1 saturated heterocycles. The molecule has 3 aliphatic rings. The van der Waals surface area contributed by atoms with Gasteiger partial charge in [0, 0.05) is 33.5 Å². The van der Waals surface area contributed by atoms with Crippen LogP contribution < -0.4 is 4.90 Å². The highest BCUT2D eigenvalue weighted by molar-refractivity contribution is 8.19. The summed E-state index contributed by atoms with van der Waals surface area (Å²) in [5.74, 6) is 0.492. The van der Waals surface area contributed by atoms with Crippen LogP contribution >= 0.6 is 23.4 Å². The number of carbonyl (C=O) groups is 1. The van der Waals surface area contributed by atoms with E-state index in [1.807, 2.05) is 102 Å². The molecule has 0 N–H and O–H groups in total. The Hall–Kier alpha value is -3.94. The highest BCUT2D eigenvalue weighted by atomic mass is 35.5. The first-order valence-electron chi connectivity index (χ1n) is 14.6. The smallest absolute Gasteiger partial charge is 0.268 e. The first kappa shape index (κ1) is 27.9. The fraction of sp³-hybridized carbons (Fsp3) is 0.257. The van der Waals surface area contributed by atoms with Crippen molar-refractivity contribution in [3.8, 4) is 16.9 Å². The molecule has 3 fully saturated rings. The van der Waals surface area contributed by atoms with E-state index in [0.29, 0.717) is 21.0 Å². The van der Waals surface area contributed by atoms with Gasteiger partial charge in [-0.3, -0.25) is 9.69 Å². The van der Waals surface area contributed by atoms with Gasteiger partial charge in [0.05, 0.1) is 22.0 Å². The van der Waals surface area contributed by atoms with Crippen molar-refractivity contribution in [3.63, 3.8) is 0 Å². The number of nitrogens with zero attached hydrogens (tertiary/aromatic N) is 5. The van der Waals surface area contributed by atoms with Crippen LogP contribution in [0.5, 0.6) is 0 Å². The molecular weight excluding hydrogens is 574 g/mol. The Morgan fingerprint density at radius 2 is 1.60 bits per heavy atom. The van der Waals surface area contributed by atoms with Crippen LogP contribution in [0.4, 0.5) is 5.69 Å². The molecule has 2 bridgehead atoms. The zero-order chi connectivity index (χ0) is 29.8. The maximum atomic E-state index is 14.0. The molecular formula is C35H32ClN5OS. The summed E-state index contributed by atoms with van der Waals surface area (Å²) >= 11 is 7.55. The van der Waals surface area contributed by atoms with Gasteiger partial charge in [0.1, 0.15) is 0 Å². The van der Waals surface area contributed by atoms with E-state index in [2.05, 4.69) is 20.8 Å². The molecule has 2 unspecified atom stereocenters. The molecule has 0 spiro atoms. The fourth-order valence-corrected chi connectivity index (χ4v) is 7.76. The molecule has 3 aromatic carbocycles. The third-order valence-electron chi connectivity index (χ3n) is 9.76. The van der Waals surface area contributed by atoms with Crippen LogP contribution in [-0.2, 0) is 4.79 Å². The van der Waals surface area contributed by atoms with Crippen LogP contribution in [0.15, 0.2) is 106 Å². The molecule has 43 heavy (non-hydrogen) atoms. The Kier molecular flexibility index (Phi) is 6.90. The zero-order valence-electron chi connectivity index (χ0n) is 24.4. The highest BCUT2D eigenvalue weighted by Crippen LogP contribution is 2.64. The monoisotopic (exact) mass is 605 g/mol. The lowest BCUT2D eigenvalue weighted by atomic mass is 9.70. The number of amides is 1. The molecule has 2 aliphatic carbocycles. The minimum atomic E-state index is -0.135. The molecule has 2 saturated carbocycles. The topological polar surface area (TPSA) is 62.9 Å². The van der Waals surface area contributed by atoms with Crippen LogP contribution in [0.25, 0.3) is 23.0 Å². The summed E-state index contributed by atoms with van der Waals surface area (Å²) < 4.78 is 1.84. The van der Waals surface area contributed by atoms with E-state index in [4.69, 9.17) is 26.9 Å². The second-order valence-corrected chi connectivity index (χ2v) is 13.7. The van der Waals surface area contributed by atoms with Crippen LogP contribution in [0.2, 0.25) is 5.02 Å². The predicted molar refractivity (Wildman–Crippen MR) is 178 cm³/mol. The summed E-state index contributed by atoms with van der Waals surface area (Å²) in [6, 6.07) is 27.2. The Balaban J connectivity index is 1.31. The van der Waals surface area contributed by atoms with Crippen LogP contribution in [0.1, 0.15) is 45.6 Å². The second kappa shape index (κ2) is 10.6. The number of carbonyl (C=O) groups excluding carboxylic acids is 1. The number of rotatable bonds is 5. The van der Waals surface area contributed by atoms with E-state index in [-0.39, 0.29) is 16.7 Å². The lowest BCUT2D eigenvalue weighted by Gasteiger charge is -2.34. The van der Waals surface area contributed by atoms with Crippen molar-refractivity contribution in [2.45, 2.75) is 40.0 Å². The van der Waals surface area contributed by atoms with E-state index < -0.39 is 0 Å². The predicted octanol–water partition coefficient (Wildman–Crippen LogP) is 8.87. The summed E-state index contributed by atoms with van der Waals surface area (Å²) in [4.78, 5) is 16.3. The maximum Gasteiger partial charge on any atom is 0.271 e. The van der Waals surface area contributed by atoms with Gasteiger partial charge in [-0.2, -0.15) is 10.2 Å². The molecule has 0 radical (unpaired) electrons. The molecule has 216 valence electrons. The van der Waals surface area contributed by atoms with Gasteiger partial charge in [0.25, 0.3) is 5.91 Å². The Morgan fingerprint density at radius 3 is 2.23 bits per heavy atom. The van der Waals surface area contributed by atoms with E-state index >= 15 is 0 Å². The molecule has 1 aromatic heterocycles. The minimum absolute atomic E-state index is 0.0325. The van der Waals surface area contributed by atoms with Crippen LogP contribution in [0, 0.1) is 16.7 Å². The van der Waals surface area contributed by atoms with E-state index in [0.717, 1.165) is 46.7 Å². The normalized spacial score (nSPS) is 25.5. The number of aromatic nitrogens is 2. The van der Waals surface area contributed by atoms with Crippen molar-refractivity contribution in [2.75, 3.05) is 4.90 Å². The summed E-state index contributed by atoms with van der Waals surface area (Å²) in [5, 5.41) is 15.8. The molecule has 8 heteroatoms. The van der Waals surface area contributed by atoms with Gasteiger partial charge in [-0.1, -0.05) is 80.9 Å². The lowest BCUT2D eigenvalue weighted by Crippen LogP contribution is -2.32. The van der Waals surface area contributed by atoms with Crippen molar-refractivity contribution in [2.24, 2.45) is 27.0 Å². The number of halogens is 1. The number of hydrogen-bond acceptors (Lipinski definition) is 5. The maximum absolute atomic E-state index is 14.0. The van der Waals surface area contributed by atoms with Gasteiger partial charge in [0.2, 0.25) is 5.17 Å². The van der Waals surface area contributed by atoms with Gasteiger partial charge in [0.15, 0.2) is 0 Å². The zero-order valence-corrected chi connectivity index (χ0v) is 25.9. The first-order valence-corrected chi connectivity index (χ1v) is 15.8. The van der Waals surface area contributed by atoms with E-state index in [1.165, 1.54) is 18.2 Å². The summed E-state index contributed by atoms with van der Waals surface area (Å²) in [7, 11) is 0. The Morgan fingerprint density at radius 1 is 0.930 bits per heavy atom. The van der Waals surface area contributed by atoms with Gasteiger partial charge < -0.3 is 0 Å². The number of thioether (sulfide) groups is 1. The van der Waals surface area contributed by atoms with Crippen molar-refractivity contribution >= 4 is 51.9 Å². The second-order valence-electron chi connectivity index (χ2n) is 12.2. The lowest BCUT2D eigenvalue weighted by molar-refractivity contribution is -0.113. The van der Waals surface area contributed by atoms with Crippen molar-refractivity contribution in [1.29, 1.82) is 0 Å². The Bertz CT molecular complexity index is 1790. The summed E-state index contributed by atoms with van der Waals surface area (Å²) in [5.41, 5.74) is 5.57. The van der Waals surface area contributed by atoms with E-state index in [1.54, 1.807) is 4.90 Å². The van der Waals surface area contributed by atoms with Gasteiger partial charge in [-0.05, 0) is 84.8 Å².